The molecular weight excluding hydrogens is 573 g/mol. The molecule has 0 heterocycles. The quantitative estimate of drug-likeness (QED) is 0.335. The van der Waals surface area contributed by atoms with Crippen LogP contribution in [0.1, 0.15) is 26.3 Å². The largest absolute Gasteiger partial charge is 0.354 e. The molecule has 0 saturated carbocycles. The molecule has 0 spiro atoms. The molecule has 0 aliphatic rings. The summed E-state index contributed by atoms with van der Waals surface area (Å²) in [6, 6.07) is 19.2. The van der Waals surface area contributed by atoms with Crippen molar-refractivity contribution in [3.63, 3.8) is 0 Å². The Morgan fingerprint density at radius 2 is 1.61 bits per heavy atom. The first-order chi connectivity index (χ1) is 18.0. The summed E-state index contributed by atoms with van der Waals surface area (Å²) in [5, 5.41) is 2.83. The number of hydrogen-bond acceptors (Lipinski definition) is 4. The zero-order valence-electron chi connectivity index (χ0n) is 21.5. The molecule has 3 aromatic carbocycles. The van der Waals surface area contributed by atoms with Gasteiger partial charge in [-0.15, -0.1) is 0 Å². The monoisotopic (exact) mass is 603 g/mol. The maximum Gasteiger partial charge on any atom is 0.264 e. The molecule has 0 aliphatic heterocycles. The molecule has 3 aromatic rings. The Morgan fingerprint density at radius 3 is 2.21 bits per heavy atom. The second-order valence-electron chi connectivity index (χ2n) is 9.27. The predicted molar refractivity (Wildman–Crippen MR) is 149 cm³/mol. The van der Waals surface area contributed by atoms with E-state index in [1.165, 1.54) is 41.3 Å². The highest BCUT2D eigenvalue weighted by Crippen LogP contribution is 2.27. The first-order valence-corrected chi connectivity index (χ1v) is 14.4. The molecule has 0 bridgehead atoms. The van der Waals surface area contributed by atoms with E-state index in [0.29, 0.717) is 16.6 Å². The van der Waals surface area contributed by atoms with Crippen LogP contribution in [0.5, 0.6) is 0 Å². The molecule has 0 aromatic heterocycles. The Morgan fingerprint density at radius 1 is 0.947 bits per heavy atom. The van der Waals surface area contributed by atoms with Crippen LogP contribution >= 0.6 is 15.9 Å². The van der Waals surface area contributed by atoms with Gasteiger partial charge in [0, 0.05) is 17.6 Å². The van der Waals surface area contributed by atoms with E-state index in [9.17, 15) is 22.4 Å². The van der Waals surface area contributed by atoms with Gasteiger partial charge in [0.15, 0.2) is 0 Å². The van der Waals surface area contributed by atoms with Crippen molar-refractivity contribution in [2.75, 3.05) is 17.4 Å². The van der Waals surface area contributed by atoms with Crippen LogP contribution in [0.15, 0.2) is 88.2 Å². The van der Waals surface area contributed by atoms with E-state index in [1.54, 1.807) is 49.4 Å². The Labute approximate surface area is 231 Å². The third-order valence-electron chi connectivity index (χ3n) is 5.82. The van der Waals surface area contributed by atoms with E-state index in [0.717, 1.165) is 4.31 Å². The molecule has 0 radical (unpaired) electrons. The Hall–Kier alpha value is -3.24. The van der Waals surface area contributed by atoms with E-state index in [-0.39, 0.29) is 29.0 Å². The van der Waals surface area contributed by atoms with E-state index in [1.807, 2.05) is 13.8 Å². The lowest BCUT2D eigenvalue weighted by atomic mass is 10.1. The smallest absolute Gasteiger partial charge is 0.264 e. The number of halogens is 2. The number of nitrogens with one attached hydrogen (secondary N) is 1. The number of anilines is 1. The lowest BCUT2D eigenvalue weighted by Gasteiger charge is -2.32. The second-order valence-corrected chi connectivity index (χ2v) is 12.0. The van der Waals surface area contributed by atoms with Crippen molar-refractivity contribution in [2.24, 2.45) is 5.92 Å². The fourth-order valence-electron chi connectivity index (χ4n) is 3.70. The van der Waals surface area contributed by atoms with Crippen molar-refractivity contribution >= 4 is 43.5 Å². The topological polar surface area (TPSA) is 86.8 Å². The highest BCUT2D eigenvalue weighted by atomic mass is 79.9. The van der Waals surface area contributed by atoms with Crippen LogP contribution in [0.3, 0.4) is 0 Å². The van der Waals surface area contributed by atoms with Gasteiger partial charge in [-0.05, 0) is 60.9 Å². The molecule has 2 amide bonds. The van der Waals surface area contributed by atoms with Gasteiger partial charge in [-0.2, -0.15) is 0 Å². The molecule has 1 atom stereocenters. The summed E-state index contributed by atoms with van der Waals surface area (Å²) >= 11 is 3.37. The molecular formula is C28H31BrFN3O4S. The minimum Gasteiger partial charge on any atom is -0.354 e. The summed E-state index contributed by atoms with van der Waals surface area (Å²) in [5.41, 5.74) is 0.887. The molecule has 1 N–H and O–H groups in total. The molecule has 0 unspecified atom stereocenters. The molecule has 0 saturated heterocycles. The van der Waals surface area contributed by atoms with E-state index in [2.05, 4.69) is 21.2 Å². The number of benzene rings is 3. The standard InChI is InChI=1S/C28H31BrFN3O4S/c1-20(2)17-31-28(35)21(3)32(18-22-12-14-24(30)15-13-22)27(34)19-33(25-9-7-8-23(29)16-25)38(36,37)26-10-5-4-6-11-26/h4-16,20-21H,17-19H2,1-3H3,(H,31,35)/t21-/m1/s1. The van der Waals surface area contributed by atoms with Gasteiger partial charge in [-0.25, -0.2) is 12.8 Å². The summed E-state index contributed by atoms with van der Waals surface area (Å²) in [6.07, 6.45) is 0. The number of amides is 2. The molecule has 10 heteroatoms. The van der Waals surface area contributed by atoms with Crippen LogP contribution in [0, 0.1) is 11.7 Å². The minimum atomic E-state index is -4.13. The van der Waals surface area contributed by atoms with Crippen LogP contribution in [0.2, 0.25) is 0 Å². The average Bonchev–Trinajstić information content (AvgIpc) is 2.89. The van der Waals surface area contributed by atoms with Gasteiger partial charge < -0.3 is 10.2 Å². The maximum atomic E-state index is 13.8. The fraction of sp³-hybridized carbons (Fsp3) is 0.286. The van der Waals surface area contributed by atoms with Gasteiger partial charge in [0.25, 0.3) is 10.0 Å². The van der Waals surface area contributed by atoms with Crippen LogP contribution < -0.4 is 9.62 Å². The highest BCUT2D eigenvalue weighted by Gasteiger charge is 2.32. The van der Waals surface area contributed by atoms with Crippen LogP contribution in [-0.2, 0) is 26.2 Å². The molecule has 7 nitrogen and oxygen atoms in total. The van der Waals surface area contributed by atoms with Crippen molar-refractivity contribution in [1.29, 1.82) is 0 Å². The third kappa shape index (κ3) is 7.64. The molecule has 0 aliphatic carbocycles. The van der Waals surface area contributed by atoms with Gasteiger partial charge in [0.1, 0.15) is 18.4 Å². The van der Waals surface area contributed by atoms with E-state index < -0.39 is 34.3 Å². The number of nitrogens with zero attached hydrogens (tertiary/aromatic N) is 2. The van der Waals surface area contributed by atoms with Crippen LogP contribution in [-0.4, -0.2) is 44.3 Å². The minimum absolute atomic E-state index is 0.00686. The number of sulfonamides is 1. The highest BCUT2D eigenvalue weighted by molar-refractivity contribution is 9.10. The lowest BCUT2D eigenvalue weighted by Crippen LogP contribution is -2.51. The zero-order valence-corrected chi connectivity index (χ0v) is 23.9. The number of hydrogen-bond donors (Lipinski definition) is 1. The third-order valence-corrected chi connectivity index (χ3v) is 8.11. The zero-order chi connectivity index (χ0) is 27.9. The summed E-state index contributed by atoms with van der Waals surface area (Å²) in [6.45, 7) is 5.37. The molecule has 202 valence electrons. The number of carbonyl (C=O) groups excluding carboxylic acids is 2. The van der Waals surface area contributed by atoms with Gasteiger partial charge in [-0.3, -0.25) is 13.9 Å². The first-order valence-electron chi connectivity index (χ1n) is 12.1. The van der Waals surface area contributed by atoms with Crippen LogP contribution in [0.4, 0.5) is 10.1 Å². The summed E-state index contributed by atoms with van der Waals surface area (Å²) in [4.78, 5) is 28.1. The lowest BCUT2D eigenvalue weighted by molar-refractivity contribution is -0.139. The van der Waals surface area contributed by atoms with Gasteiger partial charge in [0.2, 0.25) is 11.8 Å². The van der Waals surface area contributed by atoms with Crippen molar-refractivity contribution < 1.29 is 22.4 Å². The summed E-state index contributed by atoms with van der Waals surface area (Å²) < 4.78 is 42.6. The Balaban J connectivity index is 1.99. The van der Waals surface area contributed by atoms with Gasteiger partial charge in [-0.1, -0.05) is 66.2 Å². The number of rotatable bonds is 11. The summed E-state index contributed by atoms with van der Waals surface area (Å²) in [5.74, 6) is -1.17. The second kappa shape index (κ2) is 13.0. The normalized spacial score (nSPS) is 12.2. The van der Waals surface area contributed by atoms with Crippen molar-refractivity contribution in [3.8, 4) is 0 Å². The maximum absolute atomic E-state index is 13.8. The first kappa shape index (κ1) is 29.3. The predicted octanol–water partition coefficient (Wildman–Crippen LogP) is 4.97. The van der Waals surface area contributed by atoms with Crippen molar-refractivity contribution in [1.82, 2.24) is 10.2 Å². The SMILES string of the molecule is CC(C)CNC(=O)[C@@H](C)N(Cc1ccc(F)cc1)C(=O)CN(c1cccc(Br)c1)S(=O)(=O)c1ccccc1. The average molecular weight is 605 g/mol. The summed E-state index contributed by atoms with van der Waals surface area (Å²) in [7, 11) is -4.13. The van der Waals surface area contributed by atoms with Crippen molar-refractivity contribution in [3.05, 3.63) is 94.7 Å². The van der Waals surface area contributed by atoms with E-state index in [4.69, 9.17) is 0 Å². The Kier molecular flexibility index (Phi) is 10.0. The van der Waals surface area contributed by atoms with Crippen molar-refractivity contribution in [2.45, 2.75) is 38.3 Å². The van der Waals surface area contributed by atoms with Gasteiger partial charge in [0.05, 0.1) is 10.6 Å². The molecule has 0 fully saturated rings. The number of carbonyl (C=O) groups is 2. The fourth-order valence-corrected chi connectivity index (χ4v) is 5.52. The molecule has 3 rings (SSSR count). The van der Waals surface area contributed by atoms with E-state index >= 15 is 0 Å². The van der Waals surface area contributed by atoms with Gasteiger partial charge >= 0.3 is 0 Å². The van der Waals surface area contributed by atoms with Crippen LogP contribution in [0.25, 0.3) is 0 Å². The molecule has 38 heavy (non-hydrogen) atoms. The Bertz CT molecular complexity index is 1350.